The van der Waals surface area contributed by atoms with E-state index < -0.39 is 36.9 Å². The molecular weight excluding hydrogens is 755 g/mol. The summed E-state index contributed by atoms with van der Waals surface area (Å²) in [7, 11) is 0. The van der Waals surface area contributed by atoms with Gasteiger partial charge in [0.05, 0.1) is 18.8 Å². The standard InChI is InChI=1S/C55H111NO5/c1-3-5-7-9-11-13-15-17-19-21-23-24-25-26-27-28-29-31-33-35-37-39-41-43-45-47-49-53(59)55(61)56-51(50-57)54(60)52(58)48-46-44-42-40-38-36-34-32-30-22-20-18-16-14-12-10-8-6-4-2/h51-54,57-60H,3-50H2,1-2H3,(H,56,61). The van der Waals surface area contributed by atoms with E-state index in [1.165, 1.54) is 250 Å². The van der Waals surface area contributed by atoms with Crippen LogP contribution in [-0.4, -0.2) is 57.3 Å². The number of aliphatic hydroxyl groups is 4. The minimum atomic E-state index is -1.25. The first-order valence-corrected chi connectivity index (χ1v) is 27.9. The zero-order valence-electron chi connectivity index (χ0n) is 41.4. The molecule has 0 fully saturated rings. The van der Waals surface area contributed by atoms with Crippen molar-refractivity contribution in [1.82, 2.24) is 5.32 Å². The molecule has 4 atom stereocenters. The highest BCUT2D eigenvalue weighted by molar-refractivity contribution is 5.80. The third kappa shape index (κ3) is 44.3. The average Bonchev–Trinajstić information content (AvgIpc) is 3.26. The van der Waals surface area contributed by atoms with E-state index >= 15 is 0 Å². The van der Waals surface area contributed by atoms with E-state index in [0.717, 1.165) is 38.5 Å². The zero-order chi connectivity index (χ0) is 44.5. The van der Waals surface area contributed by atoms with E-state index in [2.05, 4.69) is 19.2 Å². The van der Waals surface area contributed by atoms with Gasteiger partial charge >= 0.3 is 0 Å². The van der Waals surface area contributed by atoms with Crippen molar-refractivity contribution in [2.24, 2.45) is 0 Å². The molecule has 0 heterocycles. The normalized spacial score (nSPS) is 13.7. The van der Waals surface area contributed by atoms with Gasteiger partial charge in [0.1, 0.15) is 12.2 Å². The van der Waals surface area contributed by atoms with Crippen molar-refractivity contribution in [1.29, 1.82) is 0 Å². The van der Waals surface area contributed by atoms with Gasteiger partial charge in [-0.15, -0.1) is 0 Å². The zero-order valence-corrected chi connectivity index (χ0v) is 41.4. The summed E-state index contributed by atoms with van der Waals surface area (Å²) in [4.78, 5) is 12.6. The first kappa shape index (κ1) is 60.3. The van der Waals surface area contributed by atoms with Gasteiger partial charge in [-0.05, 0) is 12.8 Å². The van der Waals surface area contributed by atoms with Crippen molar-refractivity contribution < 1.29 is 25.2 Å². The Morgan fingerprint density at radius 2 is 0.557 bits per heavy atom. The minimum Gasteiger partial charge on any atom is -0.394 e. The molecular formula is C55H111NO5. The minimum absolute atomic E-state index is 0.376. The molecule has 0 aliphatic rings. The highest BCUT2D eigenvalue weighted by Crippen LogP contribution is 2.19. The molecule has 6 heteroatoms. The Morgan fingerprint density at radius 1 is 0.344 bits per heavy atom. The molecule has 0 saturated heterocycles. The monoisotopic (exact) mass is 866 g/mol. The van der Waals surface area contributed by atoms with Crippen LogP contribution in [0.25, 0.3) is 0 Å². The van der Waals surface area contributed by atoms with Crippen molar-refractivity contribution in [2.75, 3.05) is 6.61 Å². The van der Waals surface area contributed by atoms with Crippen LogP contribution in [0.1, 0.15) is 316 Å². The van der Waals surface area contributed by atoms with Crippen molar-refractivity contribution in [3.8, 4) is 0 Å². The summed E-state index contributed by atoms with van der Waals surface area (Å²) in [5.41, 5.74) is 0. The van der Waals surface area contributed by atoms with Gasteiger partial charge in [-0.1, -0.05) is 303 Å². The van der Waals surface area contributed by atoms with Crippen LogP contribution >= 0.6 is 0 Å². The summed E-state index contributed by atoms with van der Waals surface area (Å²) in [5.74, 6) is -0.576. The number of hydrogen-bond donors (Lipinski definition) is 5. The largest absolute Gasteiger partial charge is 0.394 e. The lowest BCUT2D eigenvalue weighted by atomic mass is 9.99. The summed E-state index contributed by atoms with van der Waals surface area (Å²) >= 11 is 0. The van der Waals surface area contributed by atoms with Gasteiger partial charge in [-0.3, -0.25) is 4.79 Å². The van der Waals surface area contributed by atoms with Gasteiger partial charge in [0, 0.05) is 0 Å². The van der Waals surface area contributed by atoms with Crippen molar-refractivity contribution in [2.45, 2.75) is 340 Å². The van der Waals surface area contributed by atoms with Crippen LogP contribution in [-0.2, 0) is 4.79 Å². The molecule has 61 heavy (non-hydrogen) atoms. The molecule has 6 nitrogen and oxygen atoms in total. The molecule has 0 bridgehead atoms. The second-order valence-corrected chi connectivity index (χ2v) is 19.7. The molecule has 1 amide bonds. The third-order valence-electron chi connectivity index (χ3n) is 13.6. The number of amides is 1. The summed E-state index contributed by atoms with van der Waals surface area (Å²) < 4.78 is 0. The lowest BCUT2D eigenvalue weighted by Gasteiger charge is -2.27. The number of aliphatic hydroxyl groups excluding tert-OH is 4. The molecule has 0 aromatic carbocycles. The second kappa shape index (κ2) is 50.3. The van der Waals surface area contributed by atoms with Crippen LogP contribution in [0.2, 0.25) is 0 Å². The van der Waals surface area contributed by atoms with Gasteiger partial charge in [0.15, 0.2) is 0 Å². The molecule has 366 valence electrons. The van der Waals surface area contributed by atoms with Gasteiger partial charge in [0.25, 0.3) is 0 Å². The van der Waals surface area contributed by atoms with E-state index in [0.29, 0.717) is 12.8 Å². The quantitative estimate of drug-likeness (QED) is 0.0391. The van der Waals surface area contributed by atoms with Gasteiger partial charge in [-0.25, -0.2) is 0 Å². The molecule has 0 aromatic heterocycles. The summed E-state index contributed by atoms with van der Waals surface area (Å²) in [6, 6.07) is -0.980. The maximum absolute atomic E-state index is 12.6. The first-order chi connectivity index (χ1) is 30.0. The number of nitrogens with one attached hydrogen (secondary N) is 1. The van der Waals surface area contributed by atoms with Crippen molar-refractivity contribution in [3.05, 3.63) is 0 Å². The van der Waals surface area contributed by atoms with Crippen molar-refractivity contribution in [3.63, 3.8) is 0 Å². The molecule has 0 rings (SSSR count). The number of carbonyl (C=O) groups excluding carboxylic acids is 1. The van der Waals surface area contributed by atoms with E-state index in [1.807, 2.05) is 0 Å². The van der Waals surface area contributed by atoms with Crippen LogP contribution in [0, 0.1) is 0 Å². The first-order valence-electron chi connectivity index (χ1n) is 27.9. The summed E-state index contributed by atoms with van der Waals surface area (Å²) in [5, 5.41) is 44.0. The van der Waals surface area contributed by atoms with Crippen LogP contribution in [0.4, 0.5) is 0 Å². The SMILES string of the molecule is CCCCCCCCCCCCCCCCCCCCCCCCCCCCC(O)C(=O)NC(CO)C(O)C(O)CCCCCCCCCCCCCCCCCCCCC. The summed E-state index contributed by atoms with van der Waals surface area (Å²) in [6.45, 7) is 4.10. The van der Waals surface area contributed by atoms with E-state index in [9.17, 15) is 25.2 Å². The lowest BCUT2D eigenvalue weighted by Crippen LogP contribution is -2.53. The third-order valence-corrected chi connectivity index (χ3v) is 13.6. The smallest absolute Gasteiger partial charge is 0.249 e. The fraction of sp³-hybridized carbons (Fsp3) is 0.982. The maximum Gasteiger partial charge on any atom is 0.249 e. The Labute approximate surface area is 381 Å². The number of rotatable bonds is 52. The van der Waals surface area contributed by atoms with E-state index in [4.69, 9.17) is 0 Å². The predicted octanol–water partition coefficient (Wildman–Crippen LogP) is 15.9. The molecule has 4 unspecified atom stereocenters. The highest BCUT2D eigenvalue weighted by Gasteiger charge is 2.28. The Balaban J connectivity index is 3.58. The molecule has 0 spiro atoms. The Bertz CT molecular complexity index is 841. The second-order valence-electron chi connectivity index (χ2n) is 19.7. The molecule has 0 saturated carbocycles. The fourth-order valence-electron chi connectivity index (χ4n) is 9.17. The maximum atomic E-state index is 12.6. The van der Waals surface area contributed by atoms with Gasteiger partial charge in [-0.2, -0.15) is 0 Å². The van der Waals surface area contributed by atoms with Crippen LogP contribution in [0.5, 0.6) is 0 Å². The van der Waals surface area contributed by atoms with Gasteiger partial charge < -0.3 is 25.7 Å². The van der Waals surface area contributed by atoms with Crippen LogP contribution < -0.4 is 5.32 Å². The van der Waals surface area contributed by atoms with E-state index in [-0.39, 0.29) is 0 Å². The number of unbranched alkanes of at least 4 members (excludes halogenated alkanes) is 43. The van der Waals surface area contributed by atoms with Crippen LogP contribution in [0.15, 0.2) is 0 Å². The van der Waals surface area contributed by atoms with Gasteiger partial charge in [0.2, 0.25) is 5.91 Å². The van der Waals surface area contributed by atoms with Crippen LogP contribution in [0.3, 0.4) is 0 Å². The number of carbonyl (C=O) groups is 1. The Morgan fingerprint density at radius 3 is 0.787 bits per heavy atom. The van der Waals surface area contributed by atoms with Crippen molar-refractivity contribution >= 4 is 5.91 Å². The fourth-order valence-corrected chi connectivity index (χ4v) is 9.17. The number of hydrogen-bond acceptors (Lipinski definition) is 5. The molecule has 0 aliphatic carbocycles. The summed E-state index contributed by atoms with van der Waals surface area (Å²) in [6.07, 6.45) is 57.4. The lowest BCUT2D eigenvalue weighted by molar-refractivity contribution is -0.132. The molecule has 5 N–H and O–H groups in total. The molecule has 0 aromatic rings. The molecule has 0 radical (unpaired) electrons. The topological polar surface area (TPSA) is 110 Å². The highest BCUT2D eigenvalue weighted by atomic mass is 16.3. The van der Waals surface area contributed by atoms with E-state index in [1.54, 1.807) is 0 Å². The molecule has 0 aliphatic heterocycles. The average molecular weight is 866 g/mol. The Kier molecular flexibility index (Phi) is 49.7. The predicted molar refractivity (Wildman–Crippen MR) is 265 cm³/mol. The Hall–Kier alpha value is -0.690.